The van der Waals surface area contributed by atoms with E-state index in [2.05, 4.69) is 10.3 Å². The van der Waals surface area contributed by atoms with Gasteiger partial charge >= 0.3 is 5.97 Å². The van der Waals surface area contributed by atoms with Crippen molar-refractivity contribution in [1.29, 1.82) is 0 Å². The van der Waals surface area contributed by atoms with E-state index in [0.29, 0.717) is 25.0 Å². The molecule has 0 aromatic carbocycles. The standard InChI is InChI=1S/C17H21N3O4S/c1-2-24-14(22)7-4-8-18-13(21)9-20-10-19-16-15(17(20)23)11-5-3-6-12(11)25-16/h10H,2-9H2,1H3,(H,18,21). The Kier molecular flexibility index (Phi) is 5.47. The van der Waals surface area contributed by atoms with Crippen LogP contribution in [0.5, 0.6) is 0 Å². The van der Waals surface area contributed by atoms with E-state index in [-0.39, 0.29) is 30.4 Å². The van der Waals surface area contributed by atoms with Crippen molar-refractivity contribution in [1.82, 2.24) is 14.9 Å². The highest BCUT2D eigenvalue weighted by atomic mass is 32.1. The van der Waals surface area contributed by atoms with Gasteiger partial charge < -0.3 is 10.1 Å². The zero-order chi connectivity index (χ0) is 17.8. The number of hydrogen-bond acceptors (Lipinski definition) is 6. The summed E-state index contributed by atoms with van der Waals surface area (Å²) < 4.78 is 6.18. The van der Waals surface area contributed by atoms with Gasteiger partial charge in [-0.25, -0.2) is 4.98 Å². The van der Waals surface area contributed by atoms with Gasteiger partial charge in [0.05, 0.1) is 18.3 Å². The van der Waals surface area contributed by atoms with Crippen LogP contribution in [0.4, 0.5) is 0 Å². The minimum absolute atomic E-state index is 0.0637. The van der Waals surface area contributed by atoms with Gasteiger partial charge in [0.1, 0.15) is 11.4 Å². The van der Waals surface area contributed by atoms with Crippen LogP contribution in [-0.4, -0.2) is 34.6 Å². The summed E-state index contributed by atoms with van der Waals surface area (Å²) in [5, 5.41) is 3.39. The third-order valence-corrected chi connectivity index (χ3v) is 5.39. The van der Waals surface area contributed by atoms with Crippen molar-refractivity contribution in [3.8, 4) is 0 Å². The summed E-state index contributed by atoms with van der Waals surface area (Å²) in [7, 11) is 0. The maximum absolute atomic E-state index is 12.7. The minimum atomic E-state index is -0.270. The van der Waals surface area contributed by atoms with Gasteiger partial charge in [-0.15, -0.1) is 11.3 Å². The zero-order valence-electron chi connectivity index (χ0n) is 14.2. The molecule has 0 bridgehead atoms. The summed E-state index contributed by atoms with van der Waals surface area (Å²) in [4.78, 5) is 42.3. The fourth-order valence-electron chi connectivity index (χ4n) is 3.04. The summed E-state index contributed by atoms with van der Waals surface area (Å²) in [6, 6.07) is 0. The Morgan fingerprint density at radius 3 is 3.04 bits per heavy atom. The maximum Gasteiger partial charge on any atom is 0.305 e. The number of thiophene rings is 1. The number of carbonyl (C=O) groups is 2. The van der Waals surface area contributed by atoms with Gasteiger partial charge in [-0.05, 0) is 38.2 Å². The van der Waals surface area contributed by atoms with E-state index in [0.717, 1.165) is 29.7 Å². The summed E-state index contributed by atoms with van der Waals surface area (Å²) in [6.45, 7) is 2.42. The average Bonchev–Trinajstić information content (AvgIpc) is 3.15. The number of nitrogens with one attached hydrogen (secondary N) is 1. The van der Waals surface area contributed by atoms with Crippen LogP contribution in [0.1, 0.15) is 36.6 Å². The summed E-state index contributed by atoms with van der Waals surface area (Å²) in [5.41, 5.74) is 0.966. The van der Waals surface area contributed by atoms with Crippen LogP contribution < -0.4 is 10.9 Å². The second kappa shape index (κ2) is 7.77. The van der Waals surface area contributed by atoms with Gasteiger partial charge in [0.25, 0.3) is 5.56 Å². The lowest BCUT2D eigenvalue weighted by atomic mass is 10.2. The molecule has 8 heteroatoms. The Labute approximate surface area is 149 Å². The number of amides is 1. The molecule has 0 saturated carbocycles. The quantitative estimate of drug-likeness (QED) is 0.593. The van der Waals surface area contributed by atoms with Crippen molar-refractivity contribution in [2.45, 2.75) is 45.6 Å². The van der Waals surface area contributed by atoms with Crippen molar-refractivity contribution in [3.05, 3.63) is 27.1 Å². The first-order chi connectivity index (χ1) is 12.1. The number of esters is 1. The average molecular weight is 363 g/mol. The highest BCUT2D eigenvalue weighted by Gasteiger charge is 2.21. The van der Waals surface area contributed by atoms with E-state index in [1.165, 1.54) is 15.8 Å². The first kappa shape index (κ1) is 17.6. The van der Waals surface area contributed by atoms with Gasteiger partial charge in [-0.3, -0.25) is 19.0 Å². The molecule has 1 aliphatic rings. The SMILES string of the molecule is CCOC(=O)CCCNC(=O)Cn1cnc2sc3c(c2c1=O)CCC3. The number of nitrogens with zero attached hydrogens (tertiary/aromatic N) is 2. The highest BCUT2D eigenvalue weighted by Crippen LogP contribution is 2.34. The van der Waals surface area contributed by atoms with E-state index in [1.807, 2.05) is 0 Å². The van der Waals surface area contributed by atoms with Gasteiger partial charge in [-0.1, -0.05) is 0 Å². The van der Waals surface area contributed by atoms with E-state index in [9.17, 15) is 14.4 Å². The largest absolute Gasteiger partial charge is 0.466 e. The maximum atomic E-state index is 12.7. The van der Waals surface area contributed by atoms with E-state index in [1.54, 1.807) is 18.3 Å². The van der Waals surface area contributed by atoms with Crippen molar-refractivity contribution in [3.63, 3.8) is 0 Å². The molecule has 2 heterocycles. The van der Waals surface area contributed by atoms with Crippen LogP contribution in [0, 0.1) is 0 Å². The lowest BCUT2D eigenvalue weighted by Gasteiger charge is -2.07. The molecule has 7 nitrogen and oxygen atoms in total. The number of hydrogen-bond donors (Lipinski definition) is 1. The molecule has 0 aliphatic heterocycles. The number of fused-ring (bicyclic) bond motifs is 3. The van der Waals surface area contributed by atoms with Crippen LogP contribution in [0.3, 0.4) is 0 Å². The van der Waals surface area contributed by atoms with E-state index >= 15 is 0 Å². The predicted molar refractivity (Wildman–Crippen MR) is 94.8 cm³/mol. The summed E-state index contributed by atoms with van der Waals surface area (Å²) in [6.07, 6.45) is 5.21. The van der Waals surface area contributed by atoms with E-state index < -0.39 is 0 Å². The van der Waals surface area contributed by atoms with Gasteiger partial charge in [0, 0.05) is 17.8 Å². The molecule has 25 heavy (non-hydrogen) atoms. The second-order valence-corrected chi connectivity index (χ2v) is 7.06. The van der Waals surface area contributed by atoms with Crippen molar-refractivity contribution < 1.29 is 14.3 Å². The Morgan fingerprint density at radius 1 is 1.40 bits per heavy atom. The van der Waals surface area contributed by atoms with Crippen LogP contribution >= 0.6 is 11.3 Å². The fraction of sp³-hybridized carbons (Fsp3) is 0.529. The van der Waals surface area contributed by atoms with Gasteiger partial charge in [-0.2, -0.15) is 0 Å². The molecule has 2 aromatic heterocycles. The summed E-state index contributed by atoms with van der Waals surface area (Å²) in [5.74, 6) is -0.534. The third kappa shape index (κ3) is 3.89. The normalized spacial score (nSPS) is 13.0. The molecule has 0 radical (unpaired) electrons. The first-order valence-corrected chi connectivity index (χ1v) is 9.33. The molecular weight excluding hydrogens is 342 g/mol. The minimum Gasteiger partial charge on any atom is -0.466 e. The smallest absolute Gasteiger partial charge is 0.305 e. The zero-order valence-corrected chi connectivity index (χ0v) is 15.0. The number of aryl methyl sites for hydroxylation is 2. The molecule has 0 spiro atoms. The number of carbonyl (C=O) groups excluding carboxylic acids is 2. The molecule has 0 fully saturated rings. The van der Waals surface area contributed by atoms with Crippen LogP contribution in [0.15, 0.2) is 11.1 Å². The highest BCUT2D eigenvalue weighted by molar-refractivity contribution is 7.18. The molecule has 2 aromatic rings. The molecule has 1 aliphatic carbocycles. The first-order valence-electron chi connectivity index (χ1n) is 8.52. The van der Waals surface area contributed by atoms with Crippen LogP contribution in [0.25, 0.3) is 10.2 Å². The molecule has 0 saturated heterocycles. The molecule has 0 unspecified atom stereocenters. The van der Waals surface area contributed by atoms with Crippen molar-refractivity contribution in [2.24, 2.45) is 0 Å². The Hall–Kier alpha value is -2.22. The Bertz CT molecular complexity index is 855. The van der Waals surface area contributed by atoms with Crippen molar-refractivity contribution >= 4 is 33.4 Å². The van der Waals surface area contributed by atoms with Crippen LogP contribution in [0.2, 0.25) is 0 Å². The lowest BCUT2D eigenvalue weighted by Crippen LogP contribution is -2.33. The second-order valence-electron chi connectivity index (χ2n) is 5.97. The molecule has 1 amide bonds. The predicted octanol–water partition coefficient (Wildman–Crippen LogP) is 1.41. The topological polar surface area (TPSA) is 90.3 Å². The molecule has 1 N–H and O–H groups in total. The summed E-state index contributed by atoms with van der Waals surface area (Å²) >= 11 is 1.58. The number of ether oxygens (including phenoxy) is 1. The molecule has 0 atom stereocenters. The van der Waals surface area contributed by atoms with Crippen molar-refractivity contribution in [2.75, 3.05) is 13.2 Å². The Balaban J connectivity index is 1.59. The monoisotopic (exact) mass is 363 g/mol. The van der Waals surface area contributed by atoms with Crippen LogP contribution in [-0.2, 0) is 33.7 Å². The lowest BCUT2D eigenvalue weighted by molar-refractivity contribution is -0.143. The third-order valence-electron chi connectivity index (χ3n) is 4.19. The van der Waals surface area contributed by atoms with E-state index in [4.69, 9.17) is 4.74 Å². The van der Waals surface area contributed by atoms with Gasteiger partial charge in [0.2, 0.25) is 5.91 Å². The van der Waals surface area contributed by atoms with Gasteiger partial charge in [0.15, 0.2) is 0 Å². The number of aromatic nitrogens is 2. The molecular formula is C17H21N3O4S. The Morgan fingerprint density at radius 2 is 2.24 bits per heavy atom. The number of rotatable bonds is 7. The molecule has 134 valence electrons. The fourth-order valence-corrected chi connectivity index (χ4v) is 4.26. The molecule has 3 rings (SSSR count).